The zero-order valence-electron chi connectivity index (χ0n) is 11.2. The third-order valence-corrected chi connectivity index (χ3v) is 3.82. The summed E-state index contributed by atoms with van der Waals surface area (Å²) in [6.07, 6.45) is 4.09. The van der Waals surface area contributed by atoms with E-state index in [1.807, 2.05) is 6.07 Å². The van der Waals surface area contributed by atoms with Gasteiger partial charge in [-0.15, -0.1) is 0 Å². The van der Waals surface area contributed by atoms with Crippen LogP contribution in [0.25, 0.3) is 0 Å². The minimum absolute atomic E-state index is 0.220. The molecule has 18 heavy (non-hydrogen) atoms. The molecule has 2 atom stereocenters. The predicted molar refractivity (Wildman–Crippen MR) is 72.3 cm³/mol. The molecule has 1 N–H and O–H groups in total. The van der Waals surface area contributed by atoms with Crippen molar-refractivity contribution in [3.63, 3.8) is 0 Å². The highest BCUT2D eigenvalue weighted by Gasteiger charge is 2.20. The lowest BCUT2D eigenvalue weighted by Gasteiger charge is -2.30. The molecule has 1 aromatic carbocycles. The van der Waals surface area contributed by atoms with E-state index in [4.69, 9.17) is 0 Å². The van der Waals surface area contributed by atoms with Gasteiger partial charge in [0, 0.05) is 12.6 Å². The molecule has 0 saturated carbocycles. The van der Waals surface area contributed by atoms with Gasteiger partial charge in [0.05, 0.1) is 11.8 Å². The molecule has 1 heterocycles. The van der Waals surface area contributed by atoms with Crippen LogP contribution in [0.15, 0.2) is 18.2 Å². The molecule has 0 aliphatic carbocycles. The molecule has 0 spiro atoms. The highest BCUT2D eigenvalue weighted by molar-refractivity contribution is 5.50. The van der Waals surface area contributed by atoms with Crippen LogP contribution in [-0.2, 0) is 0 Å². The minimum atomic E-state index is -0.616. The van der Waals surface area contributed by atoms with Crippen LogP contribution in [0.2, 0.25) is 0 Å². The number of halogens is 1. The van der Waals surface area contributed by atoms with Crippen LogP contribution in [0.5, 0.6) is 0 Å². The number of benzene rings is 1. The molecule has 1 saturated heterocycles. The van der Waals surface area contributed by atoms with E-state index in [1.54, 1.807) is 13.0 Å². The number of aliphatic hydroxyl groups excluding tert-OH is 1. The van der Waals surface area contributed by atoms with Crippen molar-refractivity contribution < 1.29 is 9.50 Å². The van der Waals surface area contributed by atoms with Crippen molar-refractivity contribution >= 4 is 5.69 Å². The number of rotatable bonds is 2. The van der Waals surface area contributed by atoms with Crippen LogP contribution in [-0.4, -0.2) is 17.7 Å². The van der Waals surface area contributed by atoms with Crippen LogP contribution < -0.4 is 4.90 Å². The zero-order valence-corrected chi connectivity index (χ0v) is 11.2. The van der Waals surface area contributed by atoms with E-state index in [2.05, 4.69) is 11.8 Å². The van der Waals surface area contributed by atoms with Gasteiger partial charge in [-0.2, -0.15) is 0 Å². The van der Waals surface area contributed by atoms with Crippen molar-refractivity contribution in [3.05, 3.63) is 29.6 Å². The number of anilines is 1. The largest absolute Gasteiger partial charge is 0.389 e. The van der Waals surface area contributed by atoms with E-state index in [9.17, 15) is 9.50 Å². The lowest BCUT2D eigenvalue weighted by molar-refractivity contribution is 0.199. The van der Waals surface area contributed by atoms with Gasteiger partial charge < -0.3 is 10.0 Å². The maximum atomic E-state index is 14.1. The van der Waals surface area contributed by atoms with E-state index >= 15 is 0 Å². The van der Waals surface area contributed by atoms with E-state index in [1.165, 1.54) is 18.9 Å². The molecule has 1 aliphatic rings. The molecule has 2 unspecified atom stereocenters. The van der Waals surface area contributed by atoms with Crippen molar-refractivity contribution in [2.45, 2.75) is 51.7 Å². The van der Waals surface area contributed by atoms with E-state index in [0.29, 0.717) is 17.3 Å². The third-order valence-electron chi connectivity index (χ3n) is 3.82. The molecule has 0 bridgehead atoms. The topological polar surface area (TPSA) is 23.5 Å². The standard InChI is InChI=1S/C15H22FNO/c1-11-6-4-3-5-9-17(11)15-8-7-13(12(2)18)10-14(15)16/h7-8,10-12,18H,3-6,9H2,1-2H3. The van der Waals surface area contributed by atoms with Crippen molar-refractivity contribution in [1.82, 2.24) is 0 Å². The Labute approximate surface area is 108 Å². The van der Waals surface area contributed by atoms with E-state index in [-0.39, 0.29) is 5.82 Å². The highest BCUT2D eigenvalue weighted by Crippen LogP contribution is 2.28. The summed E-state index contributed by atoms with van der Waals surface area (Å²) in [7, 11) is 0. The molecule has 3 heteroatoms. The second-order valence-electron chi connectivity index (χ2n) is 5.28. The van der Waals surface area contributed by atoms with Crippen LogP contribution >= 0.6 is 0 Å². The van der Waals surface area contributed by atoms with Gasteiger partial charge in [0.15, 0.2) is 0 Å². The molecule has 0 radical (unpaired) electrons. The Hall–Kier alpha value is -1.09. The summed E-state index contributed by atoms with van der Waals surface area (Å²) in [5.41, 5.74) is 1.31. The lowest BCUT2D eigenvalue weighted by Crippen LogP contribution is -2.33. The Bertz CT molecular complexity index is 405. The summed E-state index contributed by atoms with van der Waals surface area (Å²) in [4.78, 5) is 2.16. The normalized spacial score (nSPS) is 22.7. The van der Waals surface area contributed by atoms with E-state index in [0.717, 1.165) is 19.4 Å². The Kier molecular flexibility index (Phi) is 4.23. The summed E-state index contributed by atoms with van der Waals surface area (Å²) >= 11 is 0. The second kappa shape index (κ2) is 5.70. The highest BCUT2D eigenvalue weighted by atomic mass is 19.1. The first-order chi connectivity index (χ1) is 8.59. The molecule has 100 valence electrons. The molecule has 1 aliphatic heterocycles. The van der Waals surface area contributed by atoms with Crippen molar-refractivity contribution in [2.24, 2.45) is 0 Å². The SMILES string of the molecule is CC(O)c1ccc(N2CCCCCC2C)c(F)c1. The predicted octanol–water partition coefficient (Wildman–Crippen LogP) is 3.65. The number of hydrogen-bond acceptors (Lipinski definition) is 2. The molecule has 2 rings (SSSR count). The first-order valence-corrected chi connectivity index (χ1v) is 6.83. The zero-order chi connectivity index (χ0) is 13.1. The van der Waals surface area contributed by atoms with Crippen molar-refractivity contribution in [3.8, 4) is 0 Å². The van der Waals surface area contributed by atoms with Crippen molar-refractivity contribution in [2.75, 3.05) is 11.4 Å². The fourth-order valence-electron chi connectivity index (χ4n) is 2.65. The summed E-state index contributed by atoms with van der Waals surface area (Å²) < 4.78 is 14.1. The van der Waals surface area contributed by atoms with Crippen LogP contribution in [0, 0.1) is 5.82 Å². The number of aliphatic hydroxyl groups is 1. The minimum Gasteiger partial charge on any atom is -0.389 e. The van der Waals surface area contributed by atoms with Gasteiger partial charge in [0.1, 0.15) is 5.82 Å². The number of nitrogens with zero attached hydrogens (tertiary/aromatic N) is 1. The Morgan fingerprint density at radius 1 is 1.33 bits per heavy atom. The molecule has 1 aromatic rings. The average Bonchev–Trinajstić information content (AvgIpc) is 2.54. The molecule has 1 fully saturated rings. The molecule has 0 amide bonds. The maximum absolute atomic E-state index is 14.1. The van der Waals surface area contributed by atoms with Crippen molar-refractivity contribution in [1.29, 1.82) is 0 Å². The smallest absolute Gasteiger partial charge is 0.146 e. The molecule has 2 nitrogen and oxygen atoms in total. The Balaban J connectivity index is 2.26. The van der Waals surface area contributed by atoms with Crippen LogP contribution in [0.3, 0.4) is 0 Å². The van der Waals surface area contributed by atoms with Gasteiger partial charge in [-0.3, -0.25) is 0 Å². The molecular formula is C15H22FNO. The van der Waals surface area contributed by atoms with Gasteiger partial charge >= 0.3 is 0 Å². The van der Waals surface area contributed by atoms with Gasteiger partial charge in [0.25, 0.3) is 0 Å². The first-order valence-electron chi connectivity index (χ1n) is 6.83. The van der Waals surface area contributed by atoms with Gasteiger partial charge in [-0.1, -0.05) is 18.9 Å². The average molecular weight is 251 g/mol. The Morgan fingerprint density at radius 3 is 2.78 bits per heavy atom. The van der Waals surface area contributed by atoms with Gasteiger partial charge in [-0.25, -0.2) is 4.39 Å². The first kappa shape index (κ1) is 13.3. The lowest BCUT2D eigenvalue weighted by atomic mass is 10.1. The molecule has 0 aromatic heterocycles. The maximum Gasteiger partial charge on any atom is 0.146 e. The summed E-state index contributed by atoms with van der Waals surface area (Å²) in [5, 5.41) is 9.47. The summed E-state index contributed by atoms with van der Waals surface area (Å²) in [5.74, 6) is -0.220. The van der Waals surface area contributed by atoms with Gasteiger partial charge in [0.2, 0.25) is 0 Å². The molecular weight excluding hydrogens is 229 g/mol. The summed E-state index contributed by atoms with van der Waals surface area (Å²) in [6.45, 7) is 4.74. The third kappa shape index (κ3) is 2.83. The quantitative estimate of drug-likeness (QED) is 0.867. The van der Waals surface area contributed by atoms with Crippen LogP contribution in [0.4, 0.5) is 10.1 Å². The fraction of sp³-hybridized carbons (Fsp3) is 0.600. The summed E-state index contributed by atoms with van der Waals surface area (Å²) in [6, 6.07) is 5.47. The van der Waals surface area contributed by atoms with Crippen LogP contribution in [0.1, 0.15) is 51.2 Å². The Morgan fingerprint density at radius 2 is 2.11 bits per heavy atom. The second-order valence-corrected chi connectivity index (χ2v) is 5.28. The number of hydrogen-bond donors (Lipinski definition) is 1. The monoisotopic (exact) mass is 251 g/mol. The fourth-order valence-corrected chi connectivity index (χ4v) is 2.65. The van der Waals surface area contributed by atoms with E-state index < -0.39 is 6.10 Å². The van der Waals surface area contributed by atoms with Gasteiger partial charge in [-0.05, 0) is 44.4 Å².